The second-order valence-electron chi connectivity index (χ2n) is 5.41. The molecule has 2 heterocycles. The molecule has 1 fully saturated rings. The Morgan fingerprint density at radius 3 is 2.68 bits per heavy atom. The van der Waals surface area contributed by atoms with Gasteiger partial charge < -0.3 is 14.6 Å². The molecule has 114 valence electrons. The molecule has 1 unspecified atom stereocenters. The normalized spacial score (nSPS) is 18.2. The van der Waals surface area contributed by atoms with Gasteiger partial charge in [-0.3, -0.25) is 9.59 Å². The van der Waals surface area contributed by atoms with Crippen LogP contribution < -0.4 is 5.56 Å². The summed E-state index contributed by atoms with van der Waals surface area (Å²) in [4.78, 5) is 29.2. The summed E-state index contributed by atoms with van der Waals surface area (Å²) >= 11 is 0. The number of H-pyrrole nitrogens is 1. The molecule has 1 amide bonds. The van der Waals surface area contributed by atoms with Gasteiger partial charge in [-0.2, -0.15) is 0 Å². The zero-order chi connectivity index (χ0) is 15.5. The standard InChI is InChI=1S/C17H18N2O3/c1-12-11-19(9-10-22-12)17(21)14-7-8-15(18-16(14)20)13-5-3-2-4-6-13/h2-8,12H,9-11H2,1H3,(H,18,20). The van der Waals surface area contributed by atoms with E-state index in [1.807, 2.05) is 37.3 Å². The molecule has 3 rings (SSSR count). The second kappa shape index (κ2) is 6.15. The van der Waals surface area contributed by atoms with Crippen molar-refractivity contribution in [1.29, 1.82) is 0 Å². The minimum absolute atomic E-state index is 0.000346. The van der Waals surface area contributed by atoms with Gasteiger partial charge in [-0.25, -0.2) is 0 Å². The number of nitrogens with zero attached hydrogens (tertiary/aromatic N) is 1. The summed E-state index contributed by atoms with van der Waals surface area (Å²) in [6.45, 7) is 3.46. The Bertz CT molecular complexity index is 724. The molecule has 1 N–H and O–H groups in total. The summed E-state index contributed by atoms with van der Waals surface area (Å²) in [6.07, 6.45) is 0.000346. The number of aromatic amines is 1. The Morgan fingerprint density at radius 2 is 2.00 bits per heavy atom. The van der Waals surface area contributed by atoms with Crippen molar-refractivity contribution in [2.24, 2.45) is 0 Å². The highest BCUT2D eigenvalue weighted by Gasteiger charge is 2.24. The summed E-state index contributed by atoms with van der Waals surface area (Å²) < 4.78 is 5.42. The number of morpholine rings is 1. The fourth-order valence-corrected chi connectivity index (χ4v) is 2.60. The van der Waals surface area contributed by atoms with Gasteiger partial charge in [-0.05, 0) is 24.6 Å². The van der Waals surface area contributed by atoms with Gasteiger partial charge in [0.1, 0.15) is 5.56 Å². The average Bonchev–Trinajstić information content (AvgIpc) is 2.55. The van der Waals surface area contributed by atoms with Crippen molar-refractivity contribution in [3.05, 3.63) is 58.4 Å². The van der Waals surface area contributed by atoms with Crippen molar-refractivity contribution >= 4 is 5.91 Å². The molecule has 1 aliphatic rings. The summed E-state index contributed by atoms with van der Waals surface area (Å²) in [7, 11) is 0. The SMILES string of the molecule is CC1CN(C(=O)c2ccc(-c3ccccc3)[nH]c2=O)CCO1. The lowest BCUT2D eigenvalue weighted by molar-refractivity contribution is -0.0124. The van der Waals surface area contributed by atoms with Crippen molar-refractivity contribution in [2.75, 3.05) is 19.7 Å². The predicted molar refractivity (Wildman–Crippen MR) is 83.8 cm³/mol. The molecule has 5 heteroatoms. The van der Waals surface area contributed by atoms with E-state index in [1.165, 1.54) is 0 Å². The van der Waals surface area contributed by atoms with Crippen LogP contribution in [0.5, 0.6) is 0 Å². The number of carbonyl (C=O) groups is 1. The highest BCUT2D eigenvalue weighted by Crippen LogP contribution is 2.15. The quantitative estimate of drug-likeness (QED) is 0.921. The number of hydrogen-bond donors (Lipinski definition) is 1. The first-order chi connectivity index (χ1) is 10.6. The van der Waals surface area contributed by atoms with Crippen LogP contribution in [0, 0.1) is 0 Å². The lowest BCUT2D eigenvalue weighted by atomic mass is 10.1. The minimum Gasteiger partial charge on any atom is -0.375 e. The molecule has 0 saturated carbocycles. The number of carbonyl (C=O) groups excluding carboxylic acids is 1. The number of amides is 1. The number of aromatic nitrogens is 1. The molecular weight excluding hydrogens is 280 g/mol. The van der Waals surface area contributed by atoms with Crippen molar-refractivity contribution in [1.82, 2.24) is 9.88 Å². The molecule has 0 spiro atoms. The van der Waals surface area contributed by atoms with E-state index in [2.05, 4.69) is 4.98 Å². The molecule has 0 bridgehead atoms. The Kier molecular flexibility index (Phi) is 4.06. The molecular formula is C17H18N2O3. The maximum atomic E-state index is 12.5. The van der Waals surface area contributed by atoms with Gasteiger partial charge in [0.15, 0.2) is 0 Å². The fraction of sp³-hybridized carbons (Fsp3) is 0.294. The molecule has 1 atom stereocenters. The van der Waals surface area contributed by atoms with Crippen LogP contribution in [-0.2, 0) is 4.74 Å². The molecule has 0 radical (unpaired) electrons. The first-order valence-electron chi connectivity index (χ1n) is 7.35. The number of benzene rings is 1. The van der Waals surface area contributed by atoms with Gasteiger partial charge in [0.25, 0.3) is 11.5 Å². The zero-order valence-corrected chi connectivity index (χ0v) is 12.4. The van der Waals surface area contributed by atoms with Crippen LogP contribution in [0.15, 0.2) is 47.3 Å². The molecule has 2 aromatic rings. The number of ether oxygens (including phenoxy) is 1. The largest absolute Gasteiger partial charge is 0.375 e. The molecule has 0 aliphatic carbocycles. The van der Waals surface area contributed by atoms with Crippen LogP contribution in [0.2, 0.25) is 0 Å². The van der Waals surface area contributed by atoms with Gasteiger partial charge in [0.2, 0.25) is 0 Å². The van der Waals surface area contributed by atoms with Crippen LogP contribution in [-0.4, -0.2) is 41.6 Å². The third-order valence-electron chi connectivity index (χ3n) is 3.75. The van der Waals surface area contributed by atoms with E-state index in [1.54, 1.807) is 17.0 Å². The minimum atomic E-state index is -0.356. The van der Waals surface area contributed by atoms with E-state index in [0.29, 0.717) is 25.4 Å². The topological polar surface area (TPSA) is 62.4 Å². The molecule has 1 aliphatic heterocycles. The predicted octanol–water partition coefficient (Wildman–Crippen LogP) is 1.90. The molecule has 5 nitrogen and oxygen atoms in total. The van der Waals surface area contributed by atoms with Crippen molar-refractivity contribution in [3.8, 4) is 11.3 Å². The van der Waals surface area contributed by atoms with Crippen molar-refractivity contribution in [3.63, 3.8) is 0 Å². The van der Waals surface area contributed by atoms with E-state index >= 15 is 0 Å². The third-order valence-corrected chi connectivity index (χ3v) is 3.75. The Labute approximate surface area is 128 Å². The van der Waals surface area contributed by atoms with Gasteiger partial charge in [0, 0.05) is 18.8 Å². The summed E-state index contributed by atoms with van der Waals surface area (Å²) in [5.74, 6) is -0.240. The summed E-state index contributed by atoms with van der Waals surface area (Å²) in [5.41, 5.74) is 1.44. The van der Waals surface area contributed by atoms with Crippen LogP contribution in [0.3, 0.4) is 0 Å². The highest BCUT2D eigenvalue weighted by molar-refractivity contribution is 5.94. The van der Waals surface area contributed by atoms with Crippen LogP contribution in [0.25, 0.3) is 11.3 Å². The van der Waals surface area contributed by atoms with E-state index in [4.69, 9.17) is 4.74 Å². The van der Waals surface area contributed by atoms with Crippen LogP contribution >= 0.6 is 0 Å². The van der Waals surface area contributed by atoms with Crippen LogP contribution in [0.4, 0.5) is 0 Å². The summed E-state index contributed by atoms with van der Waals surface area (Å²) in [6, 6.07) is 12.9. The molecule has 1 aromatic heterocycles. The van der Waals surface area contributed by atoms with Gasteiger partial charge >= 0.3 is 0 Å². The molecule has 1 saturated heterocycles. The smallest absolute Gasteiger partial charge is 0.261 e. The highest BCUT2D eigenvalue weighted by atomic mass is 16.5. The number of hydrogen-bond acceptors (Lipinski definition) is 3. The first-order valence-corrected chi connectivity index (χ1v) is 7.35. The summed E-state index contributed by atoms with van der Waals surface area (Å²) in [5, 5.41) is 0. The Hall–Kier alpha value is -2.40. The maximum absolute atomic E-state index is 12.5. The van der Waals surface area contributed by atoms with E-state index < -0.39 is 0 Å². The Balaban J connectivity index is 1.86. The maximum Gasteiger partial charge on any atom is 0.261 e. The second-order valence-corrected chi connectivity index (χ2v) is 5.41. The third kappa shape index (κ3) is 2.94. The molecule has 1 aromatic carbocycles. The monoisotopic (exact) mass is 298 g/mol. The van der Waals surface area contributed by atoms with Crippen LogP contribution in [0.1, 0.15) is 17.3 Å². The van der Waals surface area contributed by atoms with E-state index in [-0.39, 0.29) is 23.1 Å². The van der Waals surface area contributed by atoms with Gasteiger partial charge in [0.05, 0.1) is 12.7 Å². The fourth-order valence-electron chi connectivity index (χ4n) is 2.60. The van der Waals surface area contributed by atoms with Crippen molar-refractivity contribution in [2.45, 2.75) is 13.0 Å². The lowest BCUT2D eigenvalue weighted by Gasteiger charge is -2.31. The van der Waals surface area contributed by atoms with E-state index in [9.17, 15) is 9.59 Å². The van der Waals surface area contributed by atoms with Gasteiger partial charge in [-0.15, -0.1) is 0 Å². The zero-order valence-electron chi connectivity index (χ0n) is 12.4. The van der Waals surface area contributed by atoms with Crippen molar-refractivity contribution < 1.29 is 9.53 Å². The number of pyridine rings is 1. The number of nitrogens with one attached hydrogen (secondary N) is 1. The lowest BCUT2D eigenvalue weighted by Crippen LogP contribution is -2.45. The molecule has 22 heavy (non-hydrogen) atoms. The average molecular weight is 298 g/mol. The number of rotatable bonds is 2. The first kappa shape index (κ1) is 14.5. The van der Waals surface area contributed by atoms with E-state index in [0.717, 1.165) is 5.56 Å². The Morgan fingerprint density at radius 1 is 1.23 bits per heavy atom. The van der Waals surface area contributed by atoms with Gasteiger partial charge in [-0.1, -0.05) is 30.3 Å².